The molecule has 0 saturated carbocycles. The average molecular weight is 1070 g/mol. The van der Waals surface area contributed by atoms with Crippen LogP contribution in [0, 0.1) is 13.8 Å². The number of benzene rings is 12. The van der Waals surface area contributed by atoms with Crippen LogP contribution in [0.1, 0.15) is 33.4 Å². The van der Waals surface area contributed by atoms with E-state index in [-0.39, 0.29) is 0 Å². The van der Waals surface area contributed by atoms with Gasteiger partial charge in [-0.25, -0.2) is 9.97 Å². The minimum absolute atomic E-state index is 0.644. The third-order valence-electron chi connectivity index (χ3n) is 17.8. The Morgan fingerprint density at radius 2 is 0.810 bits per heavy atom. The molecule has 4 aromatic heterocycles. The molecule has 84 heavy (non-hydrogen) atoms. The Labute approximate surface area is 485 Å². The summed E-state index contributed by atoms with van der Waals surface area (Å²) >= 11 is 0. The van der Waals surface area contributed by atoms with Crippen LogP contribution in [-0.2, 0) is 5.41 Å². The van der Waals surface area contributed by atoms with E-state index in [1.54, 1.807) is 6.33 Å². The highest BCUT2D eigenvalue weighted by Gasteiger charge is 2.46. The summed E-state index contributed by atoms with van der Waals surface area (Å²) in [4.78, 5) is 9.47. The molecule has 0 spiro atoms. The van der Waals surface area contributed by atoms with Gasteiger partial charge in [0.05, 0.1) is 27.5 Å². The van der Waals surface area contributed by atoms with E-state index in [1.165, 1.54) is 99.2 Å². The van der Waals surface area contributed by atoms with Crippen molar-refractivity contribution >= 4 is 65.7 Å². The summed E-state index contributed by atoms with van der Waals surface area (Å²) in [5.41, 5.74) is 27.3. The first kappa shape index (κ1) is 47.9. The van der Waals surface area contributed by atoms with E-state index in [0.29, 0.717) is 5.58 Å². The molecule has 4 heterocycles. The van der Waals surface area contributed by atoms with Gasteiger partial charge in [0.2, 0.25) is 0 Å². The zero-order valence-corrected chi connectivity index (χ0v) is 46.3. The van der Waals surface area contributed by atoms with Crippen molar-refractivity contribution < 1.29 is 4.42 Å². The van der Waals surface area contributed by atoms with Gasteiger partial charge < -0.3 is 13.6 Å². The first-order valence-corrected chi connectivity index (χ1v) is 28.8. The molecule has 0 radical (unpaired) electrons. The Bertz CT molecular complexity index is 5320. The van der Waals surface area contributed by atoms with Crippen molar-refractivity contribution in [1.29, 1.82) is 0 Å². The fourth-order valence-corrected chi connectivity index (χ4v) is 14.1. The first-order valence-electron chi connectivity index (χ1n) is 28.8. The molecule has 0 atom stereocenters. The molecule has 12 aromatic carbocycles. The van der Waals surface area contributed by atoms with Gasteiger partial charge in [-0.1, -0.05) is 193 Å². The van der Waals surface area contributed by atoms with E-state index >= 15 is 0 Å². The average Bonchev–Trinajstić information content (AvgIpc) is 1.63. The van der Waals surface area contributed by atoms with E-state index in [4.69, 9.17) is 9.40 Å². The topological polar surface area (TPSA) is 48.8 Å². The zero-order chi connectivity index (χ0) is 55.6. The molecule has 17 rings (SSSR count). The highest BCUT2D eigenvalue weighted by molar-refractivity contribution is 6.13. The van der Waals surface area contributed by atoms with Gasteiger partial charge in [-0.15, -0.1) is 0 Å². The standard InChI is InChI=1S/C79H52N4O/c1-49-32-36-69-65(40-49)66-41-50(2)33-37-70(66)79(69,58-21-13-17-52(43-58)51-16-12-20-57(42-51)76-78-77(81-48-80-76)64-28-8-11-31-75(64)84-78)59-22-14-18-53(44-59)54-19-15-25-61(45-54)83-72-30-10-7-27-63(72)68-47-56(35-39-74(68)83)55-34-38-73-67(46-55)62-26-6-9-29-71(62)82(73)60-23-4-3-5-24-60/h3-48H,1-2H3. The number of fused-ring (bicyclic) bond motifs is 12. The number of hydrogen-bond donors (Lipinski definition) is 0. The van der Waals surface area contributed by atoms with Gasteiger partial charge in [-0.05, 0) is 172 Å². The minimum Gasteiger partial charge on any atom is -0.452 e. The number of aryl methyl sites for hydroxylation is 2. The molecule has 0 saturated heterocycles. The lowest BCUT2D eigenvalue weighted by Gasteiger charge is -2.34. The van der Waals surface area contributed by atoms with Crippen molar-refractivity contribution in [3.8, 4) is 67.1 Å². The van der Waals surface area contributed by atoms with Crippen molar-refractivity contribution in [2.24, 2.45) is 0 Å². The Morgan fingerprint density at radius 1 is 0.333 bits per heavy atom. The van der Waals surface area contributed by atoms with Crippen molar-refractivity contribution in [3.63, 3.8) is 0 Å². The summed E-state index contributed by atoms with van der Waals surface area (Å²) in [5, 5.41) is 5.92. The molecule has 0 aliphatic heterocycles. The zero-order valence-electron chi connectivity index (χ0n) is 46.3. The highest BCUT2D eigenvalue weighted by Crippen LogP contribution is 2.57. The van der Waals surface area contributed by atoms with E-state index in [9.17, 15) is 0 Å². The van der Waals surface area contributed by atoms with Gasteiger partial charge in [0, 0.05) is 43.9 Å². The molecule has 16 aromatic rings. The molecule has 394 valence electrons. The maximum Gasteiger partial charge on any atom is 0.180 e. The number of rotatable bonds is 8. The van der Waals surface area contributed by atoms with E-state index < -0.39 is 5.41 Å². The van der Waals surface area contributed by atoms with Crippen molar-refractivity contribution in [2.75, 3.05) is 0 Å². The van der Waals surface area contributed by atoms with Crippen molar-refractivity contribution in [1.82, 2.24) is 19.1 Å². The molecule has 1 aliphatic rings. The Hall–Kier alpha value is -10.9. The summed E-state index contributed by atoms with van der Waals surface area (Å²) in [7, 11) is 0. The van der Waals surface area contributed by atoms with Crippen LogP contribution in [0.5, 0.6) is 0 Å². The third-order valence-corrected chi connectivity index (χ3v) is 17.8. The Balaban J connectivity index is 0.788. The SMILES string of the molecule is Cc1ccc2c(c1)-c1cc(C)ccc1C2(c1cccc(-c2cccc(-c3ncnc4c3oc3ccccc34)c2)c1)c1cccc(-c2cccc(-n3c4ccccc4c4cc(-c5ccc6c(c5)c5ccccc5n6-c5ccccc5)ccc43)c2)c1. The number of furan rings is 1. The van der Waals surface area contributed by atoms with Gasteiger partial charge in [0.15, 0.2) is 5.58 Å². The second-order valence-electron chi connectivity index (χ2n) is 22.6. The lowest BCUT2D eigenvalue weighted by Crippen LogP contribution is -2.28. The second kappa shape index (κ2) is 18.6. The molecule has 0 unspecified atom stereocenters. The molecular weight excluding hydrogens is 1020 g/mol. The summed E-state index contributed by atoms with van der Waals surface area (Å²) < 4.78 is 11.3. The summed E-state index contributed by atoms with van der Waals surface area (Å²) in [5.74, 6) is 0. The maximum atomic E-state index is 6.44. The largest absolute Gasteiger partial charge is 0.452 e. The Kier molecular flexibility index (Phi) is 10.6. The lowest BCUT2D eigenvalue weighted by molar-refractivity contribution is 0.667. The maximum absolute atomic E-state index is 6.44. The van der Waals surface area contributed by atoms with Gasteiger partial charge >= 0.3 is 0 Å². The minimum atomic E-state index is -0.644. The lowest BCUT2D eigenvalue weighted by atomic mass is 9.67. The second-order valence-corrected chi connectivity index (χ2v) is 22.6. The molecule has 0 fully saturated rings. The summed E-state index contributed by atoms with van der Waals surface area (Å²) in [6, 6.07) is 101. The van der Waals surface area contributed by atoms with Crippen LogP contribution in [0.2, 0.25) is 0 Å². The molecule has 5 nitrogen and oxygen atoms in total. The van der Waals surface area contributed by atoms with Crippen LogP contribution in [0.25, 0.3) is 133 Å². The molecule has 0 amide bonds. The van der Waals surface area contributed by atoms with Crippen LogP contribution in [0.4, 0.5) is 0 Å². The Morgan fingerprint density at radius 3 is 1.44 bits per heavy atom. The van der Waals surface area contributed by atoms with Gasteiger partial charge in [0.1, 0.15) is 23.1 Å². The monoisotopic (exact) mass is 1070 g/mol. The third kappa shape index (κ3) is 7.22. The fraction of sp³-hybridized carbons (Fsp3) is 0.0380. The predicted octanol–water partition coefficient (Wildman–Crippen LogP) is 20.2. The van der Waals surface area contributed by atoms with Gasteiger partial charge in [0.25, 0.3) is 0 Å². The van der Waals surface area contributed by atoms with Crippen LogP contribution in [-0.4, -0.2) is 19.1 Å². The van der Waals surface area contributed by atoms with E-state index in [1.807, 2.05) is 18.2 Å². The van der Waals surface area contributed by atoms with E-state index in [0.717, 1.165) is 61.4 Å². The predicted molar refractivity (Wildman–Crippen MR) is 347 cm³/mol. The molecule has 0 bridgehead atoms. The molecule has 0 N–H and O–H groups in total. The van der Waals surface area contributed by atoms with Crippen LogP contribution in [0.15, 0.2) is 284 Å². The molecule has 5 heteroatoms. The van der Waals surface area contributed by atoms with Crippen LogP contribution in [0.3, 0.4) is 0 Å². The highest BCUT2D eigenvalue weighted by atomic mass is 16.3. The number of hydrogen-bond acceptors (Lipinski definition) is 3. The number of nitrogens with zero attached hydrogens (tertiary/aromatic N) is 4. The smallest absolute Gasteiger partial charge is 0.180 e. The van der Waals surface area contributed by atoms with Crippen molar-refractivity contribution in [2.45, 2.75) is 19.3 Å². The fourth-order valence-electron chi connectivity index (χ4n) is 14.1. The normalized spacial score (nSPS) is 12.7. The summed E-state index contributed by atoms with van der Waals surface area (Å²) in [6.07, 6.45) is 1.65. The van der Waals surface area contributed by atoms with Gasteiger partial charge in [-0.3, -0.25) is 0 Å². The molecule has 1 aliphatic carbocycles. The van der Waals surface area contributed by atoms with E-state index in [2.05, 4.69) is 283 Å². The van der Waals surface area contributed by atoms with Crippen LogP contribution < -0.4 is 0 Å². The number of para-hydroxylation sites is 4. The molecular formula is C79H52N4O. The van der Waals surface area contributed by atoms with Crippen LogP contribution >= 0.6 is 0 Å². The quantitative estimate of drug-likeness (QED) is 0.152. The summed E-state index contributed by atoms with van der Waals surface area (Å²) in [6.45, 7) is 4.41. The number of aromatic nitrogens is 4. The van der Waals surface area contributed by atoms with Gasteiger partial charge in [-0.2, -0.15) is 0 Å². The first-order chi connectivity index (χ1) is 41.4. The van der Waals surface area contributed by atoms with Crippen molar-refractivity contribution in [3.05, 3.63) is 313 Å².